The Balaban J connectivity index is -0.0000000288. The standard InChI is InChI=1S/Ce.ClHO4.3NO3.H3N/c;2-1(3,4)5;3*2-1(3)4;/h;(H,2,3,4,5);;;;1H3/q+3;;3*-1;. The van der Waals surface area contributed by atoms with Crippen LogP contribution in [0.25, 0.3) is 0 Å². The molecule has 113 valence electrons. The van der Waals surface area contributed by atoms with Gasteiger partial charge in [0, 0.05) is 0 Å². The minimum Gasteiger partial charge on any atom is -0.369 e. The van der Waals surface area contributed by atoms with E-state index in [1.807, 2.05) is 0 Å². The third-order valence-corrected chi connectivity index (χ3v) is 0. The monoisotopic (exact) mass is 443 g/mol. The number of hydrogen-bond acceptors (Lipinski definition) is 13. The van der Waals surface area contributed by atoms with Gasteiger partial charge in [0.25, 0.3) is 0 Å². The molecule has 17 nitrogen and oxygen atoms in total. The van der Waals surface area contributed by atoms with E-state index in [1.54, 1.807) is 0 Å². The molecule has 0 saturated carbocycles. The Morgan fingerprint density at radius 3 is 0.579 bits per heavy atom. The van der Waals surface area contributed by atoms with Gasteiger partial charge in [-0.25, -0.2) is 18.6 Å². The van der Waals surface area contributed by atoms with Crippen LogP contribution in [0.15, 0.2) is 0 Å². The summed E-state index contributed by atoms with van der Waals surface area (Å²) < 4.78 is 34.0. The zero-order valence-electron chi connectivity index (χ0n) is 8.53. The Kier molecular flexibility index (Phi) is 42.4. The Labute approximate surface area is 137 Å². The van der Waals surface area contributed by atoms with Crippen LogP contribution >= 0.6 is 0 Å². The van der Waals surface area contributed by atoms with Crippen molar-refractivity contribution in [2.45, 2.75) is 0 Å². The molecule has 0 saturated heterocycles. The number of rotatable bonds is 0. The molecule has 1 radical (unpaired) electrons. The molecule has 0 aromatic rings. The Morgan fingerprint density at radius 1 is 0.579 bits per heavy atom. The SMILES string of the molecule is O=[N+]([O-])[O-].O=[N+]([O-])[O-].O=[N+]([O-])[O-].[Ce+3].[NH4+].[O-][Cl+3]([O-])([O-])[O-]. The summed E-state index contributed by atoms with van der Waals surface area (Å²) in [5.74, 6) is 0. The van der Waals surface area contributed by atoms with Gasteiger partial charge in [-0.2, -0.15) is 0 Å². The van der Waals surface area contributed by atoms with Crippen molar-refractivity contribution in [1.82, 2.24) is 6.15 Å². The molecule has 4 N–H and O–H groups in total. The fourth-order valence-electron chi connectivity index (χ4n) is 0. The van der Waals surface area contributed by atoms with Crippen molar-refractivity contribution in [2.75, 3.05) is 0 Å². The van der Waals surface area contributed by atoms with Crippen molar-refractivity contribution in [3.63, 3.8) is 0 Å². The van der Waals surface area contributed by atoms with Crippen LogP contribution in [-0.4, -0.2) is 15.3 Å². The molecule has 0 aromatic carbocycles. The maximum absolute atomic E-state index is 8.49. The number of nitrogens with zero attached hydrogens (tertiary/aromatic N) is 3. The molecule has 19 heteroatoms. The molecule has 0 bridgehead atoms. The van der Waals surface area contributed by atoms with Gasteiger partial charge in [-0.1, -0.05) is 0 Å². The molecule has 0 aliphatic rings. The largest absolute Gasteiger partial charge is 3.00 e. The van der Waals surface area contributed by atoms with Crippen molar-refractivity contribution in [1.29, 1.82) is 0 Å². The Hall–Kier alpha value is -0.933. The summed E-state index contributed by atoms with van der Waals surface area (Å²) in [5.41, 5.74) is 0. The topological polar surface area (TPSA) is 327 Å². The van der Waals surface area contributed by atoms with Gasteiger partial charge >= 0.3 is 41.7 Å². The van der Waals surface area contributed by atoms with E-state index in [4.69, 9.17) is 64.6 Å². The van der Waals surface area contributed by atoms with Gasteiger partial charge in [-0.05, 0) is 0 Å². The molecule has 0 aliphatic heterocycles. The molecule has 0 fully saturated rings. The van der Waals surface area contributed by atoms with Crippen LogP contribution in [0.3, 0.4) is 0 Å². The predicted octanol–water partition coefficient (Wildman–Crippen LogP) is -5.10. The van der Waals surface area contributed by atoms with Gasteiger partial charge in [0.15, 0.2) is 0 Å². The van der Waals surface area contributed by atoms with Crippen LogP contribution in [0.1, 0.15) is 0 Å². The molecule has 0 aliphatic carbocycles. The molecular formula is H4CeClN4O13. The third kappa shape index (κ3) is 4450. The molecule has 0 heterocycles. The van der Waals surface area contributed by atoms with E-state index in [1.165, 1.54) is 0 Å². The van der Waals surface area contributed by atoms with Gasteiger partial charge < -0.3 is 52.1 Å². The second kappa shape index (κ2) is 22.3. The molecular weight excluding hydrogens is 440 g/mol. The summed E-state index contributed by atoms with van der Waals surface area (Å²) in [6, 6.07) is 0. The summed E-state index contributed by atoms with van der Waals surface area (Å²) in [6.07, 6.45) is 0. The van der Waals surface area contributed by atoms with Gasteiger partial charge in [-0.15, -0.1) is 10.2 Å². The zero-order valence-corrected chi connectivity index (χ0v) is 12.4. The minimum atomic E-state index is -4.94. The summed E-state index contributed by atoms with van der Waals surface area (Å²) in [7, 11) is -4.94. The molecule has 0 atom stereocenters. The van der Waals surface area contributed by atoms with E-state index < -0.39 is 25.5 Å². The van der Waals surface area contributed by atoms with Crippen LogP contribution in [0.4, 0.5) is 0 Å². The maximum Gasteiger partial charge on any atom is 3.00 e. The van der Waals surface area contributed by atoms with Crippen molar-refractivity contribution in [3.8, 4) is 0 Å². The fourth-order valence-corrected chi connectivity index (χ4v) is 0. The third-order valence-electron chi connectivity index (χ3n) is 0. The second-order valence-corrected chi connectivity index (χ2v) is 1.80. The quantitative estimate of drug-likeness (QED) is 0.270. The molecule has 0 spiro atoms. The van der Waals surface area contributed by atoms with E-state index in [0.29, 0.717) is 0 Å². The van der Waals surface area contributed by atoms with E-state index in [0.717, 1.165) is 0 Å². The molecule has 0 rings (SSSR count). The Bertz CT molecular complexity index is 177. The van der Waals surface area contributed by atoms with Crippen molar-refractivity contribution >= 4 is 0 Å². The minimum absolute atomic E-state index is 0. The average Bonchev–Trinajstić information content (AvgIpc) is 1.73. The first-order valence-corrected chi connectivity index (χ1v) is 3.49. The average molecular weight is 444 g/mol. The smallest absolute Gasteiger partial charge is 0.369 e. The van der Waals surface area contributed by atoms with Crippen molar-refractivity contribution in [2.24, 2.45) is 0 Å². The molecule has 0 aromatic heterocycles. The van der Waals surface area contributed by atoms with Gasteiger partial charge in [-0.3, -0.25) is 0 Å². The first kappa shape index (κ1) is 36.1. The summed E-state index contributed by atoms with van der Waals surface area (Å²) in [4.78, 5) is 24.8. The molecule has 0 amide bonds. The Morgan fingerprint density at radius 2 is 0.579 bits per heavy atom. The van der Waals surface area contributed by atoms with Crippen molar-refractivity contribution in [3.05, 3.63) is 46.0 Å². The molecule has 19 heavy (non-hydrogen) atoms. The number of halogens is 1. The first-order valence-electron chi connectivity index (χ1n) is 2.26. The predicted molar refractivity (Wildman–Crippen MR) is 37.1 cm³/mol. The summed E-state index contributed by atoms with van der Waals surface area (Å²) >= 11 is 0. The van der Waals surface area contributed by atoms with Crippen LogP contribution in [0.5, 0.6) is 0 Å². The normalized spacial score (nSPS) is 6.95. The zero-order chi connectivity index (χ0) is 15.2. The summed E-state index contributed by atoms with van der Waals surface area (Å²) in [5, 5.41) is 44.2. The van der Waals surface area contributed by atoms with Crippen LogP contribution in [0, 0.1) is 98.0 Å². The van der Waals surface area contributed by atoms with E-state index in [-0.39, 0.29) is 47.9 Å². The first-order chi connectivity index (χ1) is 7.20. The number of hydrogen-bond donors (Lipinski definition) is 1. The van der Waals surface area contributed by atoms with E-state index in [2.05, 4.69) is 0 Å². The van der Waals surface area contributed by atoms with E-state index in [9.17, 15) is 0 Å². The summed E-state index contributed by atoms with van der Waals surface area (Å²) in [6.45, 7) is 0. The van der Waals surface area contributed by atoms with Crippen LogP contribution < -0.4 is 24.8 Å². The van der Waals surface area contributed by atoms with Gasteiger partial charge in [0.2, 0.25) is 0 Å². The van der Waals surface area contributed by atoms with Gasteiger partial charge in [0.05, 0.1) is 15.3 Å². The second-order valence-electron chi connectivity index (χ2n) is 1.05. The molecule has 0 unspecified atom stereocenters. The van der Waals surface area contributed by atoms with E-state index >= 15 is 0 Å². The van der Waals surface area contributed by atoms with Gasteiger partial charge in [0.1, 0.15) is 0 Å². The number of quaternary nitrogens is 1. The van der Waals surface area contributed by atoms with Crippen LogP contribution in [-0.2, 0) is 0 Å². The van der Waals surface area contributed by atoms with Crippen LogP contribution in [0.2, 0.25) is 0 Å². The maximum atomic E-state index is 8.49. The van der Waals surface area contributed by atoms with Crippen molar-refractivity contribution < 1.29 is 85.9 Å². The fraction of sp³-hybridized carbons (Fsp3) is 0.